The number of hydrogen-bond donors (Lipinski definition) is 2. The van der Waals surface area contributed by atoms with Crippen molar-refractivity contribution in [2.45, 2.75) is 37.4 Å². The average molecular weight is 372 g/mol. The van der Waals surface area contributed by atoms with Gasteiger partial charge < -0.3 is 5.32 Å². The second-order valence-electron chi connectivity index (χ2n) is 7.12. The number of aromatic nitrogens is 1. The standard InChI is InChI=1S/C19H24N4O2S/c1-14-5-4-6-16(20-14)13-23-11-9-15(10-12-23)19-21-17-7-2-3-8-18(17)26(24,25)22-19/h2-8,15,19,21-22H,9-13H2,1H3/t19-/m0/s1. The quantitative estimate of drug-likeness (QED) is 0.865. The zero-order valence-electron chi connectivity index (χ0n) is 14.9. The van der Waals surface area contributed by atoms with Gasteiger partial charge in [-0.1, -0.05) is 18.2 Å². The molecule has 2 aromatic rings. The van der Waals surface area contributed by atoms with Crippen LogP contribution in [0.2, 0.25) is 0 Å². The number of nitrogens with one attached hydrogen (secondary N) is 2. The van der Waals surface area contributed by atoms with Crippen molar-refractivity contribution >= 4 is 15.7 Å². The Bertz CT molecular complexity index is 892. The van der Waals surface area contributed by atoms with Gasteiger partial charge in [0.2, 0.25) is 10.0 Å². The summed E-state index contributed by atoms with van der Waals surface area (Å²) in [5.41, 5.74) is 2.83. The lowest BCUT2D eigenvalue weighted by Crippen LogP contribution is -2.51. The zero-order chi connectivity index (χ0) is 18.1. The van der Waals surface area contributed by atoms with Crippen molar-refractivity contribution in [1.29, 1.82) is 0 Å². The average Bonchev–Trinajstić information content (AvgIpc) is 2.62. The Hall–Kier alpha value is -1.96. The van der Waals surface area contributed by atoms with Crippen LogP contribution in [-0.4, -0.2) is 37.6 Å². The predicted molar refractivity (Wildman–Crippen MR) is 101 cm³/mol. The molecule has 7 heteroatoms. The number of piperidine rings is 1. The maximum absolute atomic E-state index is 12.5. The van der Waals surface area contributed by atoms with Crippen LogP contribution in [0.25, 0.3) is 0 Å². The van der Waals surface area contributed by atoms with Crippen LogP contribution in [0.4, 0.5) is 5.69 Å². The molecule has 2 N–H and O–H groups in total. The van der Waals surface area contributed by atoms with Crippen LogP contribution in [0.15, 0.2) is 47.4 Å². The number of fused-ring (bicyclic) bond motifs is 1. The van der Waals surface area contributed by atoms with E-state index in [1.807, 2.05) is 31.2 Å². The van der Waals surface area contributed by atoms with Gasteiger partial charge in [-0.05, 0) is 63.0 Å². The molecule has 6 nitrogen and oxygen atoms in total. The number of pyridine rings is 1. The number of rotatable bonds is 3. The van der Waals surface area contributed by atoms with E-state index < -0.39 is 10.0 Å². The van der Waals surface area contributed by atoms with Gasteiger partial charge in [-0.2, -0.15) is 4.72 Å². The molecule has 1 atom stereocenters. The summed E-state index contributed by atoms with van der Waals surface area (Å²) in [4.78, 5) is 7.30. The summed E-state index contributed by atoms with van der Waals surface area (Å²) in [6.07, 6.45) is 1.66. The van der Waals surface area contributed by atoms with E-state index in [2.05, 4.69) is 26.0 Å². The minimum atomic E-state index is -3.44. The number of likely N-dealkylation sites (tertiary alicyclic amines) is 1. The Morgan fingerprint density at radius 2 is 1.88 bits per heavy atom. The first kappa shape index (κ1) is 17.5. The molecule has 138 valence electrons. The Balaban J connectivity index is 1.40. The molecule has 0 bridgehead atoms. The van der Waals surface area contributed by atoms with E-state index in [4.69, 9.17) is 0 Å². The third kappa shape index (κ3) is 3.60. The molecule has 0 radical (unpaired) electrons. The normalized spacial score (nSPS) is 23.2. The number of aryl methyl sites for hydroxylation is 1. The summed E-state index contributed by atoms with van der Waals surface area (Å²) in [6, 6.07) is 13.2. The number of anilines is 1. The SMILES string of the molecule is Cc1cccc(CN2CCC([C@H]3Nc4ccccc4S(=O)(=O)N3)CC2)n1. The van der Waals surface area contributed by atoms with E-state index in [-0.39, 0.29) is 12.1 Å². The largest absolute Gasteiger partial charge is 0.368 e. The van der Waals surface area contributed by atoms with Gasteiger partial charge in [-0.3, -0.25) is 9.88 Å². The number of nitrogens with zero attached hydrogens (tertiary/aromatic N) is 2. The maximum Gasteiger partial charge on any atom is 0.244 e. The topological polar surface area (TPSA) is 74.3 Å². The Kier molecular flexibility index (Phi) is 4.69. The summed E-state index contributed by atoms with van der Waals surface area (Å²) < 4.78 is 27.8. The monoisotopic (exact) mass is 372 g/mol. The van der Waals surface area contributed by atoms with E-state index in [1.54, 1.807) is 12.1 Å². The van der Waals surface area contributed by atoms with Gasteiger partial charge in [0.1, 0.15) is 4.90 Å². The van der Waals surface area contributed by atoms with Crippen molar-refractivity contribution in [2.24, 2.45) is 5.92 Å². The van der Waals surface area contributed by atoms with Gasteiger partial charge >= 0.3 is 0 Å². The molecular formula is C19H24N4O2S. The highest BCUT2D eigenvalue weighted by Crippen LogP contribution is 2.30. The van der Waals surface area contributed by atoms with Crippen molar-refractivity contribution in [3.63, 3.8) is 0 Å². The molecule has 2 aliphatic rings. The van der Waals surface area contributed by atoms with Gasteiger partial charge in [0.25, 0.3) is 0 Å². The number of benzene rings is 1. The van der Waals surface area contributed by atoms with E-state index in [9.17, 15) is 8.42 Å². The molecule has 1 aromatic heterocycles. The first-order chi connectivity index (χ1) is 12.5. The van der Waals surface area contributed by atoms with Crippen molar-refractivity contribution in [1.82, 2.24) is 14.6 Å². The summed E-state index contributed by atoms with van der Waals surface area (Å²) in [6.45, 7) is 4.75. The van der Waals surface area contributed by atoms with Crippen molar-refractivity contribution in [3.05, 3.63) is 53.9 Å². The fourth-order valence-electron chi connectivity index (χ4n) is 3.82. The molecule has 26 heavy (non-hydrogen) atoms. The molecule has 1 saturated heterocycles. The molecule has 0 aliphatic carbocycles. The molecule has 0 saturated carbocycles. The highest BCUT2D eigenvalue weighted by atomic mass is 32.2. The van der Waals surface area contributed by atoms with Crippen LogP contribution < -0.4 is 10.0 Å². The lowest BCUT2D eigenvalue weighted by molar-refractivity contribution is 0.162. The summed E-state index contributed by atoms with van der Waals surface area (Å²) in [5, 5.41) is 3.37. The number of hydrogen-bond acceptors (Lipinski definition) is 5. The van der Waals surface area contributed by atoms with Crippen molar-refractivity contribution in [2.75, 3.05) is 18.4 Å². The van der Waals surface area contributed by atoms with E-state index in [0.717, 1.165) is 43.9 Å². The van der Waals surface area contributed by atoms with Crippen LogP contribution in [-0.2, 0) is 16.6 Å². The second kappa shape index (κ2) is 6.98. The molecule has 0 amide bonds. The smallest absolute Gasteiger partial charge is 0.244 e. The minimum Gasteiger partial charge on any atom is -0.368 e. The first-order valence-electron chi connectivity index (χ1n) is 9.04. The van der Waals surface area contributed by atoms with Crippen LogP contribution in [0.1, 0.15) is 24.2 Å². The van der Waals surface area contributed by atoms with Gasteiger partial charge in [0, 0.05) is 12.2 Å². The third-order valence-corrected chi connectivity index (χ3v) is 6.70. The summed E-state index contributed by atoms with van der Waals surface area (Å²) >= 11 is 0. The highest BCUT2D eigenvalue weighted by Gasteiger charge is 2.35. The third-order valence-electron chi connectivity index (χ3n) is 5.20. The van der Waals surface area contributed by atoms with Crippen molar-refractivity contribution < 1.29 is 8.42 Å². The lowest BCUT2D eigenvalue weighted by Gasteiger charge is -2.38. The minimum absolute atomic E-state index is 0.242. The Morgan fingerprint density at radius 1 is 1.12 bits per heavy atom. The molecule has 0 spiro atoms. The molecule has 1 fully saturated rings. The van der Waals surface area contributed by atoms with Crippen molar-refractivity contribution in [3.8, 4) is 0 Å². The van der Waals surface area contributed by atoms with Crippen LogP contribution in [0.5, 0.6) is 0 Å². The van der Waals surface area contributed by atoms with Gasteiger partial charge in [-0.15, -0.1) is 0 Å². The highest BCUT2D eigenvalue weighted by molar-refractivity contribution is 7.89. The van der Waals surface area contributed by atoms with Gasteiger partial charge in [0.15, 0.2) is 0 Å². The molecule has 3 heterocycles. The molecule has 0 unspecified atom stereocenters. The summed E-state index contributed by atoms with van der Waals surface area (Å²) in [5.74, 6) is 0.278. The van der Waals surface area contributed by atoms with Gasteiger partial charge in [-0.25, -0.2) is 8.42 Å². The Morgan fingerprint density at radius 3 is 2.65 bits per heavy atom. The van der Waals surface area contributed by atoms with Crippen LogP contribution in [0.3, 0.4) is 0 Å². The van der Waals surface area contributed by atoms with E-state index in [0.29, 0.717) is 10.6 Å². The van der Waals surface area contributed by atoms with E-state index in [1.165, 1.54) is 0 Å². The maximum atomic E-state index is 12.5. The van der Waals surface area contributed by atoms with Crippen LogP contribution in [0, 0.1) is 12.8 Å². The second-order valence-corrected chi connectivity index (χ2v) is 8.81. The first-order valence-corrected chi connectivity index (χ1v) is 10.5. The fraction of sp³-hybridized carbons (Fsp3) is 0.421. The van der Waals surface area contributed by atoms with Crippen LogP contribution >= 0.6 is 0 Å². The Labute approximate surface area is 154 Å². The fourth-order valence-corrected chi connectivity index (χ4v) is 5.21. The number of sulfonamides is 1. The molecule has 4 rings (SSSR count). The zero-order valence-corrected chi connectivity index (χ0v) is 15.7. The van der Waals surface area contributed by atoms with E-state index >= 15 is 0 Å². The predicted octanol–water partition coefficient (Wildman–Crippen LogP) is 2.33. The summed E-state index contributed by atoms with van der Waals surface area (Å²) in [7, 11) is -3.44. The van der Waals surface area contributed by atoms with Gasteiger partial charge in [0.05, 0.1) is 17.5 Å². The molecule has 1 aromatic carbocycles. The number of para-hydroxylation sites is 1. The lowest BCUT2D eigenvalue weighted by atomic mass is 9.93. The molecular weight excluding hydrogens is 348 g/mol. The molecule has 2 aliphatic heterocycles.